The number of amides is 1. The average Bonchev–Trinajstić information content (AvgIpc) is 3.46. The number of hydrogen-bond donors (Lipinski definition) is 1. The quantitative estimate of drug-likeness (QED) is 0.478. The number of aromatic nitrogens is 2. The molecule has 0 unspecified atom stereocenters. The zero-order chi connectivity index (χ0) is 19.5. The van der Waals surface area contributed by atoms with Crippen LogP contribution in [0.3, 0.4) is 0 Å². The second-order valence-electron chi connectivity index (χ2n) is 5.50. The fraction of sp³-hybridized carbons (Fsp3) is 0.111. The minimum absolute atomic E-state index is 0.000622. The van der Waals surface area contributed by atoms with Gasteiger partial charge in [-0.15, -0.1) is 10.2 Å². The molecular formula is C18H12N4O5S. The summed E-state index contributed by atoms with van der Waals surface area (Å²) in [6.45, 7) is 1.66. The Morgan fingerprint density at radius 2 is 1.93 bits per heavy atom. The van der Waals surface area contributed by atoms with Gasteiger partial charge in [0.25, 0.3) is 5.22 Å². The van der Waals surface area contributed by atoms with Crippen LogP contribution in [0.5, 0.6) is 0 Å². The summed E-state index contributed by atoms with van der Waals surface area (Å²) in [5.74, 6) is 1.12. The summed E-state index contributed by atoms with van der Waals surface area (Å²) in [6.07, 6.45) is 2.97. The molecule has 0 aliphatic carbocycles. The zero-order valence-electron chi connectivity index (χ0n) is 14.5. The van der Waals surface area contributed by atoms with E-state index >= 15 is 0 Å². The second kappa shape index (κ2) is 7.50. The van der Waals surface area contributed by atoms with Crippen molar-refractivity contribution in [3.8, 4) is 28.9 Å². The number of nitriles is 1. The molecule has 4 rings (SSSR count). The number of aryl methyl sites for hydroxylation is 1. The second-order valence-corrected chi connectivity index (χ2v) is 6.43. The maximum Gasteiger partial charge on any atom is 0.277 e. The van der Waals surface area contributed by atoms with Crippen molar-refractivity contribution < 1.29 is 22.5 Å². The SMILES string of the molecule is Cc1nnc(SCC(=O)Nc2oc(-c3ccco3)c(-c3ccco3)c2C#N)o1. The molecule has 1 amide bonds. The Morgan fingerprint density at radius 3 is 2.54 bits per heavy atom. The first-order valence-electron chi connectivity index (χ1n) is 8.03. The molecule has 0 bridgehead atoms. The monoisotopic (exact) mass is 396 g/mol. The third kappa shape index (κ3) is 3.43. The number of carbonyl (C=O) groups is 1. The van der Waals surface area contributed by atoms with Crippen LogP contribution in [0, 0.1) is 18.3 Å². The van der Waals surface area contributed by atoms with E-state index in [1.807, 2.05) is 0 Å². The van der Waals surface area contributed by atoms with Crippen molar-refractivity contribution in [3.63, 3.8) is 0 Å². The van der Waals surface area contributed by atoms with Gasteiger partial charge in [-0.3, -0.25) is 10.1 Å². The van der Waals surface area contributed by atoms with Gasteiger partial charge in [-0.2, -0.15) is 5.26 Å². The fourth-order valence-corrected chi connectivity index (χ4v) is 3.09. The van der Waals surface area contributed by atoms with Crippen LogP contribution in [-0.4, -0.2) is 21.9 Å². The number of carbonyl (C=O) groups excluding carboxylic acids is 1. The molecule has 0 radical (unpaired) electrons. The Bertz CT molecular complexity index is 1140. The van der Waals surface area contributed by atoms with Gasteiger partial charge < -0.3 is 17.7 Å². The van der Waals surface area contributed by atoms with Gasteiger partial charge in [-0.1, -0.05) is 11.8 Å². The van der Waals surface area contributed by atoms with E-state index in [9.17, 15) is 10.1 Å². The lowest BCUT2D eigenvalue weighted by Crippen LogP contribution is -2.14. The third-order valence-electron chi connectivity index (χ3n) is 3.62. The number of thioether (sulfide) groups is 1. The Morgan fingerprint density at radius 1 is 1.18 bits per heavy atom. The Hall–Kier alpha value is -3.71. The number of rotatable bonds is 6. The van der Waals surface area contributed by atoms with Crippen LogP contribution in [0.1, 0.15) is 11.5 Å². The molecule has 4 aromatic heterocycles. The summed E-state index contributed by atoms with van der Waals surface area (Å²) >= 11 is 1.07. The maximum absolute atomic E-state index is 12.3. The Balaban J connectivity index is 1.63. The Kier molecular flexibility index (Phi) is 4.74. The molecule has 4 heterocycles. The van der Waals surface area contributed by atoms with E-state index < -0.39 is 5.91 Å². The first kappa shape index (κ1) is 17.7. The standard InChI is InChI=1S/C18H12N4O5S/c1-10-21-22-18(26-10)28-9-14(23)20-17-11(8-19)15(12-4-2-6-24-12)16(27-17)13-5-3-7-25-13/h2-7H,9H2,1H3,(H,20,23). The van der Waals surface area contributed by atoms with Crippen LogP contribution >= 0.6 is 11.8 Å². The highest BCUT2D eigenvalue weighted by molar-refractivity contribution is 7.99. The highest BCUT2D eigenvalue weighted by Crippen LogP contribution is 2.41. The lowest BCUT2D eigenvalue weighted by Gasteiger charge is -2.00. The van der Waals surface area contributed by atoms with E-state index in [-0.39, 0.29) is 28.2 Å². The number of furan rings is 3. The van der Waals surface area contributed by atoms with E-state index in [4.69, 9.17) is 17.7 Å². The van der Waals surface area contributed by atoms with Crippen LogP contribution in [0.15, 0.2) is 59.7 Å². The molecule has 140 valence electrons. The molecule has 0 aliphatic heterocycles. The third-order valence-corrected chi connectivity index (χ3v) is 4.44. The molecule has 0 fully saturated rings. The largest absolute Gasteiger partial charge is 0.464 e. The average molecular weight is 396 g/mol. The van der Waals surface area contributed by atoms with Crippen LogP contribution in [0.2, 0.25) is 0 Å². The fourth-order valence-electron chi connectivity index (χ4n) is 2.49. The van der Waals surface area contributed by atoms with Crippen LogP contribution < -0.4 is 5.32 Å². The van der Waals surface area contributed by atoms with E-state index in [0.717, 1.165) is 11.8 Å². The molecule has 1 N–H and O–H groups in total. The maximum atomic E-state index is 12.3. The van der Waals surface area contributed by atoms with Gasteiger partial charge in [0.1, 0.15) is 17.4 Å². The lowest BCUT2D eigenvalue weighted by atomic mass is 10.1. The van der Waals surface area contributed by atoms with Crippen LogP contribution in [-0.2, 0) is 4.79 Å². The zero-order valence-corrected chi connectivity index (χ0v) is 15.3. The number of nitrogens with zero attached hydrogens (tertiary/aromatic N) is 3. The summed E-state index contributed by atoms with van der Waals surface area (Å²) in [7, 11) is 0. The van der Waals surface area contributed by atoms with Gasteiger partial charge in [0.2, 0.25) is 17.7 Å². The Labute approximate surface area is 162 Å². The van der Waals surface area contributed by atoms with Crippen molar-refractivity contribution in [2.75, 3.05) is 11.1 Å². The minimum atomic E-state index is -0.400. The normalized spacial score (nSPS) is 10.7. The van der Waals surface area contributed by atoms with Crippen molar-refractivity contribution in [1.82, 2.24) is 10.2 Å². The van der Waals surface area contributed by atoms with Crippen LogP contribution in [0.25, 0.3) is 22.8 Å². The van der Waals surface area contributed by atoms with Gasteiger partial charge in [0.05, 0.1) is 23.8 Å². The van der Waals surface area contributed by atoms with E-state index in [1.54, 1.807) is 31.2 Å². The topological polar surface area (TPSA) is 131 Å². The number of anilines is 1. The van der Waals surface area contributed by atoms with Gasteiger partial charge in [0.15, 0.2) is 11.5 Å². The summed E-state index contributed by atoms with van der Waals surface area (Å²) in [4.78, 5) is 12.3. The van der Waals surface area contributed by atoms with Crippen molar-refractivity contribution in [2.24, 2.45) is 0 Å². The summed E-state index contributed by atoms with van der Waals surface area (Å²) in [5.41, 5.74) is 0.534. The van der Waals surface area contributed by atoms with E-state index in [1.165, 1.54) is 12.5 Å². The van der Waals surface area contributed by atoms with Gasteiger partial charge in [0, 0.05) is 6.92 Å². The molecule has 0 spiro atoms. The predicted octanol–water partition coefficient (Wildman–Crippen LogP) is 4.09. The number of nitrogens with one attached hydrogen (secondary N) is 1. The first-order valence-corrected chi connectivity index (χ1v) is 9.01. The predicted molar refractivity (Wildman–Crippen MR) is 97.2 cm³/mol. The highest BCUT2D eigenvalue weighted by Gasteiger charge is 2.27. The molecule has 9 nitrogen and oxygen atoms in total. The van der Waals surface area contributed by atoms with E-state index in [2.05, 4.69) is 21.6 Å². The molecule has 0 atom stereocenters. The highest BCUT2D eigenvalue weighted by atomic mass is 32.2. The van der Waals surface area contributed by atoms with Gasteiger partial charge in [-0.05, 0) is 24.3 Å². The van der Waals surface area contributed by atoms with Gasteiger partial charge >= 0.3 is 0 Å². The van der Waals surface area contributed by atoms with Gasteiger partial charge in [-0.25, -0.2) is 0 Å². The summed E-state index contributed by atoms with van der Waals surface area (Å²) in [6, 6.07) is 8.82. The van der Waals surface area contributed by atoms with Crippen molar-refractivity contribution in [2.45, 2.75) is 12.1 Å². The first-order chi connectivity index (χ1) is 13.7. The lowest BCUT2D eigenvalue weighted by molar-refractivity contribution is -0.113. The number of hydrogen-bond acceptors (Lipinski definition) is 9. The molecule has 10 heteroatoms. The molecule has 4 aromatic rings. The van der Waals surface area contributed by atoms with Crippen molar-refractivity contribution >= 4 is 23.6 Å². The minimum Gasteiger partial charge on any atom is -0.464 e. The van der Waals surface area contributed by atoms with E-state index in [0.29, 0.717) is 23.0 Å². The van der Waals surface area contributed by atoms with Crippen molar-refractivity contribution in [1.29, 1.82) is 5.26 Å². The molecule has 0 saturated heterocycles. The molecule has 0 saturated carbocycles. The molecule has 28 heavy (non-hydrogen) atoms. The summed E-state index contributed by atoms with van der Waals surface area (Å²) in [5, 5.41) is 20.0. The molecular weight excluding hydrogens is 384 g/mol. The smallest absolute Gasteiger partial charge is 0.277 e. The molecule has 0 aromatic carbocycles. The van der Waals surface area contributed by atoms with Crippen LogP contribution in [0.4, 0.5) is 5.88 Å². The molecule has 0 aliphatic rings. The summed E-state index contributed by atoms with van der Waals surface area (Å²) < 4.78 is 21.8. The van der Waals surface area contributed by atoms with Crippen molar-refractivity contribution in [3.05, 3.63) is 48.2 Å².